The Morgan fingerprint density at radius 3 is 2.66 bits per heavy atom. The van der Waals surface area contributed by atoms with Crippen molar-refractivity contribution in [2.24, 2.45) is 0 Å². The highest BCUT2D eigenvalue weighted by Gasteiger charge is 2.21. The van der Waals surface area contributed by atoms with Crippen LogP contribution in [0.4, 0.5) is 4.39 Å². The van der Waals surface area contributed by atoms with Crippen LogP contribution in [-0.2, 0) is 27.5 Å². The lowest BCUT2D eigenvalue weighted by atomic mass is 10.0. The van der Waals surface area contributed by atoms with E-state index in [9.17, 15) is 17.6 Å². The third kappa shape index (κ3) is 7.40. The highest BCUT2D eigenvalue weighted by atomic mass is 32.2. The summed E-state index contributed by atoms with van der Waals surface area (Å²) in [7, 11) is -3.01. The Kier molecular flexibility index (Phi) is 7.95. The Hall–Kier alpha value is -2.81. The smallest absolute Gasteiger partial charge is 0.303 e. The number of hydrogen-bond donors (Lipinski definition) is 1. The first-order valence-electron chi connectivity index (χ1n) is 10.4. The van der Waals surface area contributed by atoms with Gasteiger partial charge in [0.2, 0.25) is 0 Å². The Morgan fingerprint density at radius 1 is 1.19 bits per heavy atom. The second kappa shape index (κ2) is 10.7. The van der Waals surface area contributed by atoms with E-state index in [0.717, 1.165) is 18.4 Å². The van der Waals surface area contributed by atoms with Crippen molar-refractivity contribution in [2.45, 2.75) is 38.2 Å². The molecule has 0 aliphatic carbocycles. The van der Waals surface area contributed by atoms with Gasteiger partial charge in [-0.3, -0.25) is 4.79 Å². The summed E-state index contributed by atoms with van der Waals surface area (Å²) >= 11 is 0. The third-order valence-corrected chi connectivity index (χ3v) is 6.09. The molecule has 3 rings (SSSR count). The standard InChI is InChI=1S/C23H27FO7S/c1-32(27,28)12-2-11-29-19-8-4-17-5-9-20(31-22(17)14-19)15-30-18-7-3-16(21(24)13-18)6-10-23(25)26/h3-4,7-8,13-14,20H,2,5-6,9-12,15H2,1H3,(H,25,26). The van der Waals surface area contributed by atoms with Crippen molar-refractivity contribution in [3.8, 4) is 17.2 Å². The molecular weight excluding hydrogens is 439 g/mol. The van der Waals surface area contributed by atoms with Gasteiger partial charge in [0.05, 0.1) is 12.4 Å². The van der Waals surface area contributed by atoms with E-state index in [4.69, 9.17) is 19.3 Å². The van der Waals surface area contributed by atoms with Crippen molar-refractivity contribution < 1.29 is 36.9 Å². The van der Waals surface area contributed by atoms with Crippen LogP contribution in [0.3, 0.4) is 0 Å². The van der Waals surface area contributed by atoms with Crippen LogP contribution in [0, 0.1) is 5.82 Å². The molecule has 0 radical (unpaired) electrons. The number of ether oxygens (including phenoxy) is 3. The first-order chi connectivity index (χ1) is 15.2. The molecule has 0 fully saturated rings. The average Bonchev–Trinajstić information content (AvgIpc) is 2.73. The third-order valence-electron chi connectivity index (χ3n) is 5.06. The van der Waals surface area contributed by atoms with Crippen molar-refractivity contribution in [1.29, 1.82) is 0 Å². The summed E-state index contributed by atoms with van der Waals surface area (Å²) in [6.07, 6.45) is 2.96. The molecular formula is C23H27FO7S. The van der Waals surface area contributed by atoms with Gasteiger partial charge in [-0.05, 0) is 48.9 Å². The second-order valence-corrected chi connectivity index (χ2v) is 10.1. The highest BCUT2D eigenvalue weighted by molar-refractivity contribution is 7.90. The number of aryl methyl sites for hydroxylation is 2. The van der Waals surface area contributed by atoms with Gasteiger partial charge < -0.3 is 19.3 Å². The lowest BCUT2D eigenvalue weighted by Gasteiger charge is -2.26. The zero-order chi connectivity index (χ0) is 23.1. The fourth-order valence-corrected chi connectivity index (χ4v) is 4.02. The Morgan fingerprint density at radius 2 is 1.94 bits per heavy atom. The molecule has 0 amide bonds. The number of hydrogen-bond acceptors (Lipinski definition) is 6. The lowest BCUT2D eigenvalue weighted by Crippen LogP contribution is -2.29. The maximum Gasteiger partial charge on any atom is 0.303 e. The van der Waals surface area contributed by atoms with E-state index in [1.54, 1.807) is 12.1 Å². The van der Waals surface area contributed by atoms with Crippen molar-refractivity contribution in [3.63, 3.8) is 0 Å². The number of sulfone groups is 1. The van der Waals surface area contributed by atoms with Crippen LogP contribution < -0.4 is 14.2 Å². The fourth-order valence-electron chi connectivity index (χ4n) is 3.38. The number of carbonyl (C=O) groups is 1. The molecule has 0 saturated carbocycles. The van der Waals surface area contributed by atoms with Gasteiger partial charge in [-0.15, -0.1) is 0 Å². The van der Waals surface area contributed by atoms with Gasteiger partial charge in [0.25, 0.3) is 0 Å². The summed E-state index contributed by atoms with van der Waals surface area (Å²) in [5.41, 5.74) is 1.39. The topological polar surface area (TPSA) is 99.1 Å². The lowest BCUT2D eigenvalue weighted by molar-refractivity contribution is -0.136. The minimum Gasteiger partial charge on any atom is -0.493 e. The minimum absolute atomic E-state index is 0.0784. The maximum absolute atomic E-state index is 14.1. The monoisotopic (exact) mass is 466 g/mol. The summed E-state index contributed by atoms with van der Waals surface area (Å²) < 4.78 is 53.9. The van der Waals surface area contributed by atoms with Gasteiger partial charge >= 0.3 is 5.97 Å². The van der Waals surface area contributed by atoms with Gasteiger partial charge in [0.1, 0.15) is 45.6 Å². The van der Waals surface area contributed by atoms with Crippen LogP contribution in [-0.4, -0.2) is 50.8 Å². The van der Waals surface area contributed by atoms with Crippen molar-refractivity contribution in [2.75, 3.05) is 25.2 Å². The summed E-state index contributed by atoms with van der Waals surface area (Å²) in [5.74, 6) is 0.283. The van der Waals surface area contributed by atoms with Gasteiger partial charge in [-0.25, -0.2) is 12.8 Å². The molecule has 32 heavy (non-hydrogen) atoms. The van der Waals surface area contributed by atoms with Crippen molar-refractivity contribution in [3.05, 3.63) is 53.3 Å². The molecule has 0 aromatic heterocycles. The van der Waals surface area contributed by atoms with E-state index in [2.05, 4.69) is 0 Å². The normalized spacial score (nSPS) is 15.5. The molecule has 1 unspecified atom stereocenters. The van der Waals surface area contributed by atoms with E-state index in [1.807, 2.05) is 12.1 Å². The largest absolute Gasteiger partial charge is 0.493 e. The van der Waals surface area contributed by atoms with Crippen LogP contribution in [0.1, 0.15) is 30.4 Å². The average molecular weight is 467 g/mol. The van der Waals surface area contributed by atoms with Crippen LogP contribution >= 0.6 is 0 Å². The molecule has 1 atom stereocenters. The first kappa shape index (κ1) is 23.8. The van der Waals surface area contributed by atoms with E-state index < -0.39 is 21.6 Å². The quantitative estimate of drug-likeness (QED) is 0.507. The van der Waals surface area contributed by atoms with Gasteiger partial charge in [-0.2, -0.15) is 0 Å². The zero-order valence-electron chi connectivity index (χ0n) is 17.9. The SMILES string of the molecule is CS(=O)(=O)CCCOc1ccc2c(c1)OC(COc1ccc(CCC(=O)O)c(F)c1)CC2. The predicted molar refractivity (Wildman–Crippen MR) is 117 cm³/mol. The molecule has 174 valence electrons. The summed E-state index contributed by atoms with van der Waals surface area (Å²) in [6.45, 7) is 0.541. The van der Waals surface area contributed by atoms with Gasteiger partial charge in [0.15, 0.2) is 0 Å². The summed E-state index contributed by atoms with van der Waals surface area (Å²) in [6, 6.07) is 9.99. The van der Waals surface area contributed by atoms with E-state index in [0.29, 0.717) is 35.8 Å². The van der Waals surface area contributed by atoms with Crippen molar-refractivity contribution in [1.82, 2.24) is 0 Å². The molecule has 2 aromatic rings. The molecule has 1 heterocycles. The molecule has 2 aromatic carbocycles. The first-order valence-corrected chi connectivity index (χ1v) is 12.5. The molecule has 1 N–H and O–H groups in total. The maximum atomic E-state index is 14.1. The number of benzene rings is 2. The number of carboxylic acid groups (broad SMARTS) is 1. The molecule has 7 nitrogen and oxygen atoms in total. The Balaban J connectivity index is 1.51. The van der Waals surface area contributed by atoms with Gasteiger partial charge in [0, 0.05) is 24.8 Å². The van der Waals surface area contributed by atoms with Gasteiger partial charge in [-0.1, -0.05) is 12.1 Å². The Bertz CT molecular complexity index is 1050. The number of halogens is 1. The minimum atomic E-state index is -3.01. The molecule has 0 bridgehead atoms. The van der Waals surface area contributed by atoms with E-state index >= 15 is 0 Å². The molecule has 9 heteroatoms. The Labute approximate surface area is 187 Å². The molecule has 1 aliphatic heterocycles. The molecule has 0 spiro atoms. The van der Waals surface area contributed by atoms with E-state index in [-0.39, 0.29) is 31.3 Å². The number of aliphatic carboxylic acids is 1. The van der Waals surface area contributed by atoms with Crippen LogP contribution in [0.25, 0.3) is 0 Å². The number of rotatable bonds is 11. The number of carboxylic acids is 1. The molecule has 1 aliphatic rings. The van der Waals surface area contributed by atoms with Crippen LogP contribution in [0.2, 0.25) is 0 Å². The zero-order valence-corrected chi connectivity index (χ0v) is 18.7. The number of fused-ring (bicyclic) bond motifs is 1. The predicted octanol–water partition coefficient (Wildman–Crippen LogP) is 3.43. The summed E-state index contributed by atoms with van der Waals surface area (Å²) in [5, 5.41) is 8.73. The molecule has 0 saturated heterocycles. The summed E-state index contributed by atoms with van der Waals surface area (Å²) in [4.78, 5) is 10.6. The fraction of sp³-hybridized carbons (Fsp3) is 0.435. The van der Waals surface area contributed by atoms with E-state index in [1.165, 1.54) is 18.4 Å². The second-order valence-electron chi connectivity index (χ2n) is 7.84. The highest BCUT2D eigenvalue weighted by Crippen LogP contribution is 2.32. The van der Waals surface area contributed by atoms with Crippen molar-refractivity contribution >= 4 is 15.8 Å². The van der Waals surface area contributed by atoms with Crippen LogP contribution in [0.15, 0.2) is 36.4 Å². The van der Waals surface area contributed by atoms with Crippen LogP contribution in [0.5, 0.6) is 17.2 Å².